The monoisotopic (exact) mass is 538 g/mol. The first-order valence-corrected chi connectivity index (χ1v) is 13.9. The van der Waals surface area contributed by atoms with Crippen molar-refractivity contribution in [3.8, 4) is 0 Å². The lowest BCUT2D eigenvalue weighted by atomic mass is 9.83. The number of allylic oxidation sites excluding steroid dienone is 1. The van der Waals surface area contributed by atoms with E-state index in [1.54, 1.807) is 5.01 Å². The molecule has 2 fully saturated rings. The van der Waals surface area contributed by atoms with Gasteiger partial charge in [-0.05, 0) is 108 Å². The average Bonchev–Trinajstić information content (AvgIpc) is 3.39. The van der Waals surface area contributed by atoms with E-state index in [9.17, 15) is 18.4 Å². The minimum Gasteiger partial charge on any atom is -0.392 e. The molecule has 1 aliphatic carbocycles. The summed E-state index contributed by atoms with van der Waals surface area (Å²) in [6, 6.07) is 10.8. The number of carbonyl (C=O) groups excluding carboxylic acids is 2. The molecule has 0 atom stereocenters. The van der Waals surface area contributed by atoms with E-state index in [0.29, 0.717) is 24.3 Å². The molecule has 208 valence electrons. The lowest BCUT2D eigenvalue weighted by Crippen LogP contribution is -2.39. The number of piperidine rings is 1. The number of ketones is 1. The fourth-order valence-corrected chi connectivity index (χ4v) is 5.84. The van der Waals surface area contributed by atoms with E-state index >= 15 is 0 Å². The van der Waals surface area contributed by atoms with Crippen LogP contribution in [0.25, 0.3) is 0 Å². The van der Waals surface area contributed by atoms with Gasteiger partial charge in [-0.25, -0.2) is 13.8 Å². The first-order valence-electron chi connectivity index (χ1n) is 13.9. The molecule has 3 aliphatic rings. The fraction of sp³-hybridized carbons (Fsp3) is 0.467. The summed E-state index contributed by atoms with van der Waals surface area (Å²) in [5.74, 6) is -0.539. The zero-order valence-corrected chi connectivity index (χ0v) is 22.3. The summed E-state index contributed by atoms with van der Waals surface area (Å²) in [7, 11) is 0. The highest BCUT2D eigenvalue weighted by Gasteiger charge is 2.29. The van der Waals surface area contributed by atoms with Crippen molar-refractivity contribution >= 4 is 17.4 Å². The maximum atomic E-state index is 14.0. The number of hydrazine groups is 1. The molecule has 2 heterocycles. The number of nitrogens with one attached hydrogen (secondary N) is 2. The first kappa shape index (κ1) is 27.3. The molecule has 0 spiro atoms. The van der Waals surface area contributed by atoms with E-state index in [1.807, 2.05) is 37.4 Å². The molecule has 0 bridgehead atoms. The molecule has 1 saturated carbocycles. The second kappa shape index (κ2) is 12.3. The molecular formula is C30H36F2N4O3. The van der Waals surface area contributed by atoms with Crippen molar-refractivity contribution in [2.45, 2.75) is 57.9 Å². The molecule has 2 aromatic carbocycles. The number of carbonyl (C=O) groups is 2. The van der Waals surface area contributed by atoms with Crippen LogP contribution in [-0.4, -0.2) is 42.3 Å². The van der Waals surface area contributed by atoms with Crippen LogP contribution in [0.15, 0.2) is 54.4 Å². The van der Waals surface area contributed by atoms with E-state index in [1.165, 1.54) is 6.07 Å². The van der Waals surface area contributed by atoms with Crippen molar-refractivity contribution in [2.24, 2.45) is 11.8 Å². The van der Waals surface area contributed by atoms with Crippen LogP contribution in [0.5, 0.6) is 0 Å². The van der Waals surface area contributed by atoms with Gasteiger partial charge in [-0.15, -0.1) is 0 Å². The van der Waals surface area contributed by atoms with E-state index in [4.69, 9.17) is 4.84 Å². The molecular weight excluding hydrogens is 502 g/mol. The number of amides is 1. The second-order valence-corrected chi connectivity index (χ2v) is 10.9. The van der Waals surface area contributed by atoms with Gasteiger partial charge in [-0.1, -0.05) is 11.7 Å². The highest BCUT2D eigenvalue weighted by atomic mass is 19.1. The van der Waals surface area contributed by atoms with Crippen LogP contribution in [0.4, 0.5) is 14.5 Å². The highest BCUT2D eigenvalue weighted by molar-refractivity contribution is 5.98. The molecule has 7 nitrogen and oxygen atoms in total. The van der Waals surface area contributed by atoms with Crippen molar-refractivity contribution < 1.29 is 23.2 Å². The summed E-state index contributed by atoms with van der Waals surface area (Å²) < 4.78 is 27.2. The van der Waals surface area contributed by atoms with E-state index in [0.717, 1.165) is 75.3 Å². The molecule has 39 heavy (non-hydrogen) atoms. The Labute approximate surface area is 228 Å². The minimum absolute atomic E-state index is 0.00292. The number of benzene rings is 2. The number of halogens is 2. The largest absolute Gasteiger partial charge is 0.392 e. The number of Topliss-reactive ketones (excluding diaryl/α,β-unsaturated/α-hetero) is 1. The van der Waals surface area contributed by atoms with E-state index < -0.39 is 11.6 Å². The molecule has 1 amide bonds. The SMILES string of the molecule is CC1=CN(c2cccc(C(=O)NC3CCC(CCN4CCC(C(=O)c5ccc(F)cc5F)CC4)CC3)c2)NO1. The molecule has 5 rings (SSSR count). The van der Waals surface area contributed by atoms with Crippen molar-refractivity contribution in [3.63, 3.8) is 0 Å². The number of anilines is 1. The third-order valence-corrected chi connectivity index (χ3v) is 8.19. The van der Waals surface area contributed by atoms with Crippen molar-refractivity contribution in [1.29, 1.82) is 0 Å². The predicted octanol–water partition coefficient (Wildman–Crippen LogP) is 5.36. The molecule has 2 aromatic rings. The third-order valence-electron chi connectivity index (χ3n) is 8.19. The van der Waals surface area contributed by atoms with Crippen LogP contribution in [0.1, 0.15) is 72.6 Å². The van der Waals surface area contributed by atoms with Gasteiger partial charge in [-0.3, -0.25) is 9.59 Å². The summed E-state index contributed by atoms with van der Waals surface area (Å²) in [6.07, 6.45) is 8.45. The summed E-state index contributed by atoms with van der Waals surface area (Å²) in [4.78, 5) is 33.2. The Hall–Kier alpha value is -3.30. The fourth-order valence-electron chi connectivity index (χ4n) is 5.84. The van der Waals surface area contributed by atoms with Gasteiger partial charge in [0.1, 0.15) is 17.4 Å². The molecule has 0 radical (unpaired) electrons. The zero-order chi connectivity index (χ0) is 27.4. The van der Waals surface area contributed by atoms with E-state index in [2.05, 4.69) is 15.8 Å². The van der Waals surface area contributed by atoms with Gasteiger partial charge in [0.25, 0.3) is 5.91 Å². The van der Waals surface area contributed by atoms with Gasteiger partial charge in [0.05, 0.1) is 17.5 Å². The van der Waals surface area contributed by atoms with Crippen LogP contribution in [-0.2, 0) is 4.84 Å². The Morgan fingerprint density at radius 2 is 1.79 bits per heavy atom. The molecule has 0 aromatic heterocycles. The van der Waals surface area contributed by atoms with Gasteiger partial charge in [-0.2, -0.15) is 0 Å². The normalized spacial score (nSPS) is 22.3. The Balaban J connectivity index is 1.02. The van der Waals surface area contributed by atoms with Gasteiger partial charge < -0.3 is 15.1 Å². The molecule has 0 unspecified atom stereocenters. The van der Waals surface area contributed by atoms with Gasteiger partial charge in [0.2, 0.25) is 0 Å². The zero-order valence-electron chi connectivity index (χ0n) is 22.3. The van der Waals surface area contributed by atoms with Crippen molar-refractivity contribution in [1.82, 2.24) is 15.8 Å². The first-order chi connectivity index (χ1) is 18.9. The third kappa shape index (κ3) is 6.83. The van der Waals surface area contributed by atoms with Crippen LogP contribution in [0.3, 0.4) is 0 Å². The quantitative estimate of drug-likeness (QED) is 0.441. The van der Waals surface area contributed by atoms with Gasteiger partial charge in [0.15, 0.2) is 5.78 Å². The molecule has 1 saturated heterocycles. The second-order valence-electron chi connectivity index (χ2n) is 10.9. The maximum Gasteiger partial charge on any atom is 0.251 e. The standard InChI is InChI=1S/C30H36F2N4O3/c1-20-19-36(34-39-20)26-4-2-3-23(17-26)30(38)33-25-8-5-21(6-9-25)11-14-35-15-12-22(13-16-35)29(37)27-10-7-24(31)18-28(27)32/h2-4,7,10,17-19,21-22,25,34H,5-6,8-9,11-16H2,1H3,(H,33,38). The molecule has 9 heteroatoms. The van der Waals surface area contributed by atoms with Crippen molar-refractivity contribution in [3.05, 3.63) is 77.2 Å². The number of rotatable bonds is 8. The Bertz CT molecular complexity index is 1220. The van der Waals surface area contributed by atoms with Crippen LogP contribution >= 0.6 is 0 Å². The molecule has 2 aliphatic heterocycles. The number of hydrogen-bond acceptors (Lipinski definition) is 6. The highest BCUT2D eigenvalue weighted by Crippen LogP contribution is 2.29. The van der Waals surface area contributed by atoms with Gasteiger partial charge in [0, 0.05) is 23.6 Å². The summed E-state index contributed by atoms with van der Waals surface area (Å²) >= 11 is 0. The summed E-state index contributed by atoms with van der Waals surface area (Å²) in [5, 5.41) is 4.95. The summed E-state index contributed by atoms with van der Waals surface area (Å²) in [6.45, 7) is 4.48. The summed E-state index contributed by atoms with van der Waals surface area (Å²) in [5.41, 5.74) is 4.25. The molecule has 2 N–H and O–H groups in total. The van der Waals surface area contributed by atoms with Crippen molar-refractivity contribution in [2.75, 3.05) is 24.6 Å². The lowest BCUT2D eigenvalue weighted by Gasteiger charge is -2.34. The van der Waals surface area contributed by atoms with Gasteiger partial charge >= 0.3 is 0 Å². The average molecular weight is 539 g/mol. The number of hydrogen-bond donors (Lipinski definition) is 2. The maximum absolute atomic E-state index is 14.0. The number of likely N-dealkylation sites (tertiary alicyclic amines) is 1. The Morgan fingerprint density at radius 3 is 2.49 bits per heavy atom. The number of nitrogens with zero attached hydrogens (tertiary/aromatic N) is 2. The predicted molar refractivity (Wildman–Crippen MR) is 145 cm³/mol. The minimum atomic E-state index is -0.773. The Morgan fingerprint density at radius 1 is 1.03 bits per heavy atom. The lowest BCUT2D eigenvalue weighted by molar-refractivity contribution is 0.0828. The Kier molecular flexibility index (Phi) is 8.57. The van der Waals surface area contributed by atoms with Crippen LogP contribution < -0.4 is 15.9 Å². The topological polar surface area (TPSA) is 73.9 Å². The smallest absolute Gasteiger partial charge is 0.251 e. The van der Waals surface area contributed by atoms with Crippen LogP contribution in [0.2, 0.25) is 0 Å². The van der Waals surface area contributed by atoms with E-state index in [-0.39, 0.29) is 29.2 Å². The van der Waals surface area contributed by atoms with Crippen LogP contribution in [0, 0.1) is 23.5 Å².